The number of alkyl halides is 1. The molecule has 7 nitrogen and oxygen atoms in total. The van der Waals surface area contributed by atoms with Gasteiger partial charge in [0.2, 0.25) is 0 Å². The van der Waals surface area contributed by atoms with Gasteiger partial charge in [0.15, 0.2) is 5.82 Å². The van der Waals surface area contributed by atoms with Gasteiger partial charge < -0.3 is 20.1 Å². The van der Waals surface area contributed by atoms with Crippen molar-refractivity contribution in [3.8, 4) is 22.9 Å². The molecule has 4 aromatic rings. The number of rotatable bonds is 5. The fourth-order valence-corrected chi connectivity index (χ4v) is 9.00. The summed E-state index contributed by atoms with van der Waals surface area (Å²) in [6.07, 6.45) is 5.02. The summed E-state index contributed by atoms with van der Waals surface area (Å²) in [7, 11) is 0. The SMILES string of the molecule is Oc1cc(-c2c(Cl)cc3c(N4CC5CCC(C4)N5)nc(OC[C@@]45C[C@@H](F)CN4CC4(CC4)C5)nc3c2F)c2ccccc2c1. The molecule has 1 spiro atoms. The monoisotopic (exact) mass is 617 g/mol. The third-order valence-electron chi connectivity index (χ3n) is 10.8. The van der Waals surface area contributed by atoms with Gasteiger partial charge in [-0.25, -0.2) is 8.78 Å². The fourth-order valence-electron chi connectivity index (χ4n) is 8.71. The highest BCUT2D eigenvalue weighted by Gasteiger charge is 2.62. The van der Waals surface area contributed by atoms with Gasteiger partial charge in [0.05, 0.1) is 10.6 Å². The molecule has 5 heterocycles. The average Bonchev–Trinajstić information content (AvgIpc) is 3.44. The predicted octanol–water partition coefficient (Wildman–Crippen LogP) is 6.23. The zero-order valence-electron chi connectivity index (χ0n) is 24.3. The Hall–Kier alpha value is -3.27. The van der Waals surface area contributed by atoms with E-state index in [1.165, 1.54) is 12.8 Å². The van der Waals surface area contributed by atoms with Crippen LogP contribution in [0, 0.1) is 11.2 Å². The van der Waals surface area contributed by atoms with Crippen LogP contribution in [0.25, 0.3) is 32.8 Å². The first-order valence-electron chi connectivity index (χ1n) is 15.7. The summed E-state index contributed by atoms with van der Waals surface area (Å²) in [4.78, 5) is 14.0. The summed E-state index contributed by atoms with van der Waals surface area (Å²) in [5.74, 6) is 0.0392. The molecule has 44 heavy (non-hydrogen) atoms. The highest BCUT2D eigenvalue weighted by atomic mass is 35.5. The average molecular weight is 618 g/mol. The second-order valence-corrected chi connectivity index (χ2v) is 14.3. The number of hydrogen-bond donors (Lipinski definition) is 2. The normalized spacial score (nSPS) is 28.8. The van der Waals surface area contributed by atoms with Crippen molar-refractivity contribution in [3.63, 3.8) is 0 Å². The van der Waals surface area contributed by atoms with Crippen LogP contribution in [0.4, 0.5) is 14.6 Å². The van der Waals surface area contributed by atoms with Crippen LogP contribution in [0.2, 0.25) is 5.02 Å². The standard InChI is InChI=1S/C34H34ClF2N5O2/c35-27-11-26-30(29(37)28(27)25-10-23(43)9-19-3-1-2-4-24(19)25)39-32(40-31(26)41-14-21-5-6-22(15-41)38-21)44-18-34-12-20(36)13-42(34)17-33(16-34)7-8-33/h1-4,9-11,20-22,38,43H,5-8,12-18H2/t20-,21?,22?,34+/m1/s1. The first-order chi connectivity index (χ1) is 21.3. The Labute approximate surface area is 259 Å². The molecule has 0 radical (unpaired) electrons. The third kappa shape index (κ3) is 4.26. The molecule has 4 aliphatic heterocycles. The number of aromatic nitrogens is 2. The van der Waals surface area contributed by atoms with Crippen molar-refractivity contribution in [2.24, 2.45) is 5.41 Å². The summed E-state index contributed by atoms with van der Waals surface area (Å²) in [6.45, 7) is 3.10. The number of fused-ring (bicyclic) bond motifs is 5. The van der Waals surface area contributed by atoms with E-state index < -0.39 is 12.0 Å². The molecule has 2 bridgehead atoms. The van der Waals surface area contributed by atoms with E-state index in [-0.39, 0.29) is 40.0 Å². The minimum atomic E-state index is -0.877. The van der Waals surface area contributed by atoms with Gasteiger partial charge in [0.25, 0.3) is 0 Å². The van der Waals surface area contributed by atoms with Crippen molar-refractivity contribution in [1.82, 2.24) is 20.2 Å². The summed E-state index contributed by atoms with van der Waals surface area (Å²) >= 11 is 6.89. The molecule has 2 unspecified atom stereocenters. The Morgan fingerprint density at radius 3 is 2.64 bits per heavy atom. The van der Waals surface area contributed by atoms with Crippen molar-refractivity contribution >= 4 is 39.1 Å². The molecular formula is C34H34ClF2N5O2. The van der Waals surface area contributed by atoms with E-state index in [9.17, 15) is 9.50 Å². The van der Waals surface area contributed by atoms with Crippen molar-refractivity contribution in [2.75, 3.05) is 37.7 Å². The maximum Gasteiger partial charge on any atom is 0.319 e. The second kappa shape index (κ2) is 9.61. The topological polar surface area (TPSA) is 73.8 Å². The molecule has 4 saturated heterocycles. The van der Waals surface area contributed by atoms with Crippen molar-refractivity contribution in [1.29, 1.82) is 0 Å². The number of ether oxygens (including phenoxy) is 1. The Kier molecular flexibility index (Phi) is 5.92. The fraction of sp³-hybridized carbons (Fsp3) is 0.471. The Morgan fingerprint density at radius 1 is 1.05 bits per heavy atom. The molecule has 228 valence electrons. The van der Waals surface area contributed by atoms with Crippen LogP contribution in [0.1, 0.15) is 38.5 Å². The van der Waals surface area contributed by atoms with E-state index in [0.717, 1.165) is 49.7 Å². The molecule has 2 N–H and O–H groups in total. The summed E-state index contributed by atoms with van der Waals surface area (Å²) < 4.78 is 38.0. The molecule has 1 saturated carbocycles. The number of hydrogen-bond acceptors (Lipinski definition) is 7. The van der Waals surface area contributed by atoms with E-state index in [1.54, 1.807) is 18.2 Å². The van der Waals surface area contributed by atoms with Gasteiger partial charge >= 0.3 is 6.01 Å². The van der Waals surface area contributed by atoms with Crippen LogP contribution in [0.15, 0.2) is 42.5 Å². The number of piperazine rings is 1. The molecule has 9 rings (SSSR count). The first-order valence-corrected chi connectivity index (χ1v) is 16.1. The number of nitrogens with zero attached hydrogens (tertiary/aromatic N) is 4. The lowest BCUT2D eigenvalue weighted by molar-refractivity contribution is 0.107. The van der Waals surface area contributed by atoms with Gasteiger partial charge in [0, 0.05) is 55.6 Å². The minimum Gasteiger partial charge on any atom is -0.508 e. The van der Waals surface area contributed by atoms with Crippen LogP contribution < -0.4 is 15.0 Å². The van der Waals surface area contributed by atoms with Crippen molar-refractivity contribution < 1.29 is 18.6 Å². The number of nitrogens with one attached hydrogen (secondary N) is 1. The van der Waals surface area contributed by atoms with Gasteiger partial charge in [-0.1, -0.05) is 35.9 Å². The lowest BCUT2D eigenvalue weighted by atomic mass is 9.89. The molecule has 3 aromatic carbocycles. The van der Waals surface area contributed by atoms with E-state index in [4.69, 9.17) is 21.3 Å². The van der Waals surface area contributed by atoms with Crippen LogP contribution in [-0.4, -0.2) is 76.6 Å². The largest absolute Gasteiger partial charge is 0.508 e. The zero-order valence-corrected chi connectivity index (χ0v) is 25.1. The smallest absolute Gasteiger partial charge is 0.319 e. The quantitative estimate of drug-likeness (QED) is 0.275. The number of anilines is 1. The summed E-state index contributed by atoms with van der Waals surface area (Å²) in [5.41, 5.74) is 0.697. The van der Waals surface area contributed by atoms with Gasteiger partial charge in [-0.15, -0.1) is 0 Å². The molecule has 4 atom stereocenters. The molecule has 0 amide bonds. The second-order valence-electron chi connectivity index (χ2n) is 13.9. The molecule has 5 aliphatic rings. The van der Waals surface area contributed by atoms with Crippen LogP contribution in [0.3, 0.4) is 0 Å². The van der Waals surface area contributed by atoms with Crippen LogP contribution in [0.5, 0.6) is 11.8 Å². The lowest BCUT2D eigenvalue weighted by Crippen LogP contribution is -2.51. The van der Waals surface area contributed by atoms with Crippen molar-refractivity contribution in [3.05, 3.63) is 53.3 Å². The van der Waals surface area contributed by atoms with E-state index >= 15 is 4.39 Å². The van der Waals surface area contributed by atoms with Gasteiger partial charge in [-0.2, -0.15) is 9.97 Å². The highest BCUT2D eigenvalue weighted by molar-refractivity contribution is 6.35. The summed E-state index contributed by atoms with van der Waals surface area (Å²) in [6, 6.07) is 13.2. The number of phenolic OH excluding ortho intramolecular Hbond substituents is 1. The Balaban J connectivity index is 1.17. The number of halogens is 3. The van der Waals surface area contributed by atoms with E-state index in [1.807, 2.05) is 24.3 Å². The Morgan fingerprint density at radius 2 is 1.84 bits per heavy atom. The molecular weight excluding hydrogens is 584 g/mol. The Bertz CT molecular complexity index is 1820. The molecule has 1 aliphatic carbocycles. The molecule has 1 aromatic heterocycles. The molecule has 5 fully saturated rings. The van der Waals surface area contributed by atoms with Crippen LogP contribution >= 0.6 is 11.6 Å². The maximum atomic E-state index is 16.9. The number of phenols is 1. The highest BCUT2D eigenvalue weighted by Crippen LogP contribution is 2.60. The zero-order chi connectivity index (χ0) is 29.8. The maximum absolute atomic E-state index is 16.9. The number of aromatic hydroxyl groups is 1. The lowest BCUT2D eigenvalue weighted by Gasteiger charge is -2.34. The minimum absolute atomic E-state index is 0.0227. The van der Waals surface area contributed by atoms with Gasteiger partial charge in [-0.05, 0) is 72.1 Å². The van der Waals surface area contributed by atoms with Crippen LogP contribution in [-0.2, 0) is 0 Å². The number of benzene rings is 3. The van der Waals surface area contributed by atoms with E-state index in [2.05, 4.69) is 20.1 Å². The molecule has 10 heteroatoms. The third-order valence-corrected chi connectivity index (χ3v) is 11.1. The first kappa shape index (κ1) is 27.1. The summed E-state index contributed by atoms with van der Waals surface area (Å²) in [5, 5.41) is 16.5. The van der Waals surface area contributed by atoms with Crippen molar-refractivity contribution in [2.45, 2.75) is 62.3 Å². The van der Waals surface area contributed by atoms with Gasteiger partial charge in [-0.3, -0.25) is 4.90 Å². The van der Waals surface area contributed by atoms with E-state index in [0.29, 0.717) is 47.2 Å². The predicted molar refractivity (Wildman–Crippen MR) is 167 cm³/mol. The van der Waals surface area contributed by atoms with Gasteiger partial charge in [0.1, 0.15) is 29.9 Å².